The summed E-state index contributed by atoms with van der Waals surface area (Å²) >= 11 is 7.44. The lowest BCUT2D eigenvalue weighted by Crippen LogP contribution is -2.25. The van der Waals surface area contributed by atoms with Crippen molar-refractivity contribution in [2.75, 3.05) is 12.3 Å². The molecule has 19 heavy (non-hydrogen) atoms. The summed E-state index contributed by atoms with van der Waals surface area (Å²) in [6.07, 6.45) is 1.52. The van der Waals surface area contributed by atoms with E-state index >= 15 is 0 Å². The van der Waals surface area contributed by atoms with Crippen LogP contribution in [0, 0.1) is 0 Å². The smallest absolute Gasteiger partial charge is 0.251 e. The van der Waals surface area contributed by atoms with Crippen LogP contribution in [0.3, 0.4) is 0 Å². The molecule has 1 aromatic carbocycles. The fourth-order valence-electron chi connectivity index (χ4n) is 1.50. The van der Waals surface area contributed by atoms with E-state index in [2.05, 4.69) is 22.4 Å². The van der Waals surface area contributed by atoms with Gasteiger partial charge in [-0.3, -0.25) is 4.79 Å². The van der Waals surface area contributed by atoms with Gasteiger partial charge in [0.15, 0.2) is 0 Å². The molecule has 2 rings (SSSR count). The van der Waals surface area contributed by atoms with Crippen molar-refractivity contribution in [2.24, 2.45) is 0 Å². The van der Waals surface area contributed by atoms with Crippen molar-refractivity contribution < 1.29 is 4.79 Å². The Hall–Kier alpha value is -1.52. The predicted octanol–water partition coefficient (Wildman–Crippen LogP) is 3.26. The number of carbonyl (C=O) groups excluding carboxylic acids is 1. The molecule has 0 bridgehead atoms. The second-order valence-corrected chi connectivity index (χ2v) is 5.34. The van der Waals surface area contributed by atoms with Crippen molar-refractivity contribution in [1.29, 1.82) is 0 Å². The minimum Gasteiger partial charge on any atom is -0.351 e. The van der Waals surface area contributed by atoms with Crippen LogP contribution in [0.4, 0.5) is 0 Å². The Morgan fingerprint density at radius 1 is 1.26 bits per heavy atom. The summed E-state index contributed by atoms with van der Waals surface area (Å²) in [5.74, 6) is 0.701. The number of carbonyl (C=O) groups is 1. The highest BCUT2D eigenvalue weighted by atomic mass is 35.5. The van der Waals surface area contributed by atoms with Crippen molar-refractivity contribution >= 4 is 29.3 Å². The summed E-state index contributed by atoms with van der Waals surface area (Å²) in [6.45, 7) is 0.609. The topological polar surface area (TPSA) is 42.0 Å². The van der Waals surface area contributed by atoms with Gasteiger partial charge in [0.2, 0.25) is 0 Å². The number of hydrogen-bond donors (Lipinski definition) is 1. The number of amides is 1. The average molecular weight is 293 g/mol. The van der Waals surface area contributed by atoms with E-state index in [0.29, 0.717) is 17.3 Å². The van der Waals surface area contributed by atoms with Gasteiger partial charge in [0, 0.05) is 29.0 Å². The Bertz CT molecular complexity index is 548. The van der Waals surface area contributed by atoms with E-state index in [1.165, 1.54) is 11.1 Å². The molecule has 0 aliphatic rings. The van der Waals surface area contributed by atoms with Gasteiger partial charge >= 0.3 is 0 Å². The summed E-state index contributed by atoms with van der Waals surface area (Å²) in [4.78, 5) is 16.8. The molecule has 2 aromatic rings. The van der Waals surface area contributed by atoms with E-state index in [4.69, 9.17) is 11.6 Å². The summed E-state index contributed by atoms with van der Waals surface area (Å²) in [5.41, 5.74) is 0.532. The lowest BCUT2D eigenvalue weighted by atomic mass is 10.2. The van der Waals surface area contributed by atoms with Crippen LogP contribution in [0.5, 0.6) is 0 Å². The van der Waals surface area contributed by atoms with Crippen molar-refractivity contribution in [3.05, 3.63) is 59.4 Å². The number of nitrogens with one attached hydrogen (secondary N) is 1. The fourth-order valence-corrected chi connectivity index (χ4v) is 2.46. The normalized spacial score (nSPS) is 10.2. The Morgan fingerprint density at radius 2 is 2.05 bits per heavy atom. The molecule has 0 radical (unpaired) electrons. The third-order valence-corrected chi connectivity index (χ3v) is 3.61. The van der Waals surface area contributed by atoms with Gasteiger partial charge in [0.25, 0.3) is 5.91 Å². The lowest BCUT2D eigenvalue weighted by Gasteiger charge is -2.05. The number of aromatic nitrogens is 1. The number of thioether (sulfide) groups is 1. The maximum atomic E-state index is 11.8. The molecule has 0 saturated carbocycles. The molecule has 1 N–H and O–H groups in total. The minimum absolute atomic E-state index is 0.127. The zero-order valence-corrected chi connectivity index (χ0v) is 11.7. The molecule has 0 unspecified atom stereocenters. The molecule has 5 heteroatoms. The van der Waals surface area contributed by atoms with Crippen molar-refractivity contribution in [3.8, 4) is 0 Å². The minimum atomic E-state index is -0.127. The Balaban J connectivity index is 1.75. The van der Waals surface area contributed by atoms with Crippen LogP contribution in [0.15, 0.2) is 53.6 Å². The van der Waals surface area contributed by atoms with E-state index in [9.17, 15) is 4.79 Å². The number of hydrogen-bond acceptors (Lipinski definition) is 3. The molecule has 0 aliphatic heterocycles. The van der Waals surface area contributed by atoms with E-state index in [-0.39, 0.29) is 5.91 Å². The van der Waals surface area contributed by atoms with Crippen molar-refractivity contribution in [1.82, 2.24) is 10.3 Å². The molecule has 3 nitrogen and oxygen atoms in total. The SMILES string of the molecule is O=C(NCCSc1ccccc1)c1ccnc(Cl)c1. The highest BCUT2D eigenvalue weighted by Crippen LogP contribution is 2.15. The zero-order chi connectivity index (χ0) is 13.5. The number of nitrogens with zero attached hydrogens (tertiary/aromatic N) is 1. The monoisotopic (exact) mass is 292 g/mol. The van der Waals surface area contributed by atoms with Gasteiger partial charge < -0.3 is 5.32 Å². The molecule has 0 aliphatic carbocycles. The van der Waals surface area contributed by atoms with Crippen molar-refractivity contribution in [2.45, 2.75) is 4.90 Å². The van der Waals surface area contributed by atoms with Gasteiger partial charge in [0.1, 0.15) is 5.15 Å². The summed E-state index contributed by atoms with van der Waals surface area (Å²) in [6, 6.07) is 13.3. The number of benzene rings is 1. The molecule has 1 heterocycles. The highest BCUT2D eigenvalue weighted by molar-refractivity contribution is 7.99. The van der Waals surface area contributed by atoms with Crippen LogP contribution < -0.4 is 5.32 Å². The predicted molar refractivity (Wildman–Crippen MR) is 78.7 cm³/mol. The third kappa shape index (κ3) is 4.58. The standard InChI is InChI=1S/C14H13ClN2OS/c15-13-10-11(6-7-16-13)14(18)17-8-9-19-12-4-2-1-3-5-12/h1-7,10H,8-9H2,(H,17,18). The lowest BCUT2D eigenvalue weighted by molar-refractivity contribution is 0.0956. The van der Waals surface area contributed by atoms with Crippen LogP contribution in [0.1, 0.15) is 10.4 Å². The van der Waals surface area contributed by atoms with Crippen LogP contribution in [0.25, 0.3) is 0 Å². The summed E-state index contributed by atoms with van der Waals surface area (Å²) in [5, 5.41) is 3.18. The molecule has 0 atom stereocenters. The number of halogens is 1. The van der Waals surface area contributed by atoms with Gasteiger partial charge in [-0.1, -0.05) is 29.8 Å². The van der Waals surface area contributed by atoms with Gasteiger partial charge in [-0.15, -0.1) is 11.8 Å². The van der Waals surface area contributed by atoms with Gasteiger partial charge in [-0.05, 0) is 24.3 Å². The van der Waals surface area contributed by atoms with Crippen molar-refractivity contribution in [3.63, 3.8) is 0 Å². The van der Waals surface area contributed by atoms with Gasteiger partial charge in [-0.2, -0.15) is 0 Å². The largest absolute Gasteiger partial charge is 0.351 e. The molecular formula is C14H13ClN2OS. The first-order chi connectivity index (χ1) is 9.25. The Morgan fingerprint density at radius 3 is 2.79 bits per heavy atom. The second-order valence-electron chi connectivity index (χ2n) is 3.78. The zero-order valence-electron chi connectivity index (χ0n) is 10.2. The quantitative estimate of drug-likeness (QED) is 0.522. The van der Waals surface area contributed by atoms with E-state index in [0.717, 1.165) is 5.75 Å². The van der Waals surface area contributed by atoms with E-state index in [1.54, 1.807) is 23.9 Å². The van der Waals surface area contributed by atoms with Crippen LogP contribution in [0.2, 0.25) is 5.15 Å². The summed E-state index contributed by atoms with van der Waals surface area (Å²) in [7, 11) is 0. The molecular weight excluding hydrogens is 280 g/mol. The highest BCUT2D eigenvalue weighted by Gasteiger charge is 2.05. The first kappa shape index (κ1) is 13.9. The first-order valence-electron chi connectivity index (χ1n) is 5.83. The van der Waals surface area contributed by atoms with Gasteiger partial charge in [0.05, 0.1) is 0 Å². The Labute approximate surface area is 121 Å². The van der Waals surface area contributed by atoms with Gasteiger partial charge in [-0.25, -0.2) is 4.98 Å². The molecule has 1 aromatic heterocycles. The molecule has 98 valence electrons. The number of rotatable bonds is 5. The third-order valence-electron chi connectivity index (χ3n) is 2.39. The first-order valence-corrected chi connectivity index (χ1v) is 7.19. The van der Waals surface area contributed by atoms with Crippen LogP contribution in [-0.4, -0.2) is 23.2 Å². The summed E-state index contributed by atoms with van der Waals surface area (Å²) < 4.78 is 0. The number of pyridine rings is 1. The average Bonchev–Trinajstić information content (AvgIpc) is 2.44. The molecule has 0 spiro atoms. The van der Waals surface area contributed by atoms with E-state index < -0.39 is 0 Å². The Kier molecular flexibility index (Phi) is 5.24. The van der Waals surface area contributed by atoms with Crippen LogP contribution in [-0.2, 0) is 0 Å². The maximum absolute atomic E-state index is 11.8. The fraction of sp³-hybridized carbons (Fsp3) is 0.143. The maximum Gasteiger partial charge on any atom is 0.251 e. The van der Waals surface area contributed by atoms with Crippen LogP contribution >= 0.6 is 23.4 Å². The molecule has 0 saturated heterocycles. The van der Waals surface area contributed by atoms with E-state index in [1.807, 2.05) is 18.2 Å². The second kappa shape index (κ2) is 7.16. The molecule has 1 amide bonds. The molecule has 0 fully saturated rings.